The van der Waals surface area contributed by atoms with Crippen molar-refractivity contribution in [1.29, 1.82) is 0 Å². The quantitative estimate of drug-likeness (QED) is 0.374. The summed E-state index contributed by atoms with van der Waals surface area (Å²) in [4.78, 5) is 7.20. The number of nitrogens with zero attached hydrogens (tertiary/aromatic N) is 1. The van der Waals surface area contributed by atoms with E-state index in [0.717, 1.165) is 22.9 Å². The number of rotatable bonds is 2. The zero-order valence-corrected chi connectivity index (χ0v) is 14.6. The van der Waals surface area contributed by atoms with Crippen molar-refractivity contribution in [3.05, 3.63) is 58.6 Å². The van der Waals surface area contributed by atoms with Gasteiger partial charge in [-0.15, -0.1) is 0 Å². The number of H-pyrrole nitrogens is 1. The summed E-state index contributed by atoms with van der Waals surface area (Å²) in [5.74, 6) is 0.475. The third kappa shape index (κ3) is 2.96. The van der Waals surface area contributed by atoms with Crippen molar-refractivity contribution in [3.8, 4) is 5.75 Å². The zero-order valence-electron chi connectivity index (χ0n) is 13.0. The van der Waals surface area contributed by atoms with Gasteiger partial charge in [-0.2, -0.15) is 13.2 Å². The number of hydrogen-bond donors (Lipinski definition) is 3. The molecule has 0 fully saturated rings. The highest BCUT2D eigenvalue weighted by molar-refractivity contribution is 9.10. The van der Waals surface area contributed by atoms with Crippen LogP contribution in [0.15, 0.2) is 53.0 Å². The van der Waals surface area contributed by atoms with Gasteiger partial charge < -0.3 is 15.4 Å². The van der Waals surface area contributed by atoms with Crippen LogP contribution >= 0.6 is 15.9 Å². The predicted molar refractivity (Wildman–Crippen MR) is 97.7 cm³/mol. The molecule has 8 heteroatoms. The molecular weight excluding hydrogens is 411 g/mol. The topological polar surface area (TPSA) is 60.9 Å². The highest BCUT2D eigenvalue weighted by atomic mass is 79.9. The molecule has 0 unspecified atom stereocenters. The maximum atomic E-state index is 13.0. The van der Waals surface area contributed by atoms with Gasteiger partial charge >= 0.3 is 6.18 Å². The van der Waals surface area contributed by atoms with Gasteiger partial charge in [-0.25, -0.2) is 4.98 Å². The van der Waals surface area contributed by atoms with Crippen LogP contribution in [0.5, 0.6) is 5.75 Å². The number of phenolic OH excluding ortho intramolecular Hbond substituents is 1. The van der Waals surface area contributed by atoms with Crippen molar-refractivity contribution in [2.24, 2.45) is 0 Å². The summed E-state index contributed by atoms with van der Waals surface area (Å²) in [5.41, 5.74) is 0.631. The Hall–Kier alpha value is -2.74. The Morgan fingerprint density at radius 2 is 1.88 bits per heavy atom. The van der Waals surface area contributed by atoms with Crippen LogP contribution in [0.25, 0.3) is 21.8 Å². The lowest BCUT2D eigenvalue weighted by atomic mass is 10.1. The second-order valence-corrected chi connectivity index (χ2v) is 6.63. The van der Waals surface area contributed by atoms with Gasteiger partial charge in [0.1, 0.15) is 11.3 Å². The van der Waals surface area contributed by atoms with E-state index < -0.39 is 11.7 Å². The molecule has 0 radical (unpaired) electrons. The largest absolute Gasteiger partial charge is 0.508 e. The van der Waals surface area contributed by atoms with E-state index in [4.69, 9.17) is 0 Å². The smallest absolute Gasteiger partial charge is 0.416 e. The fraction of sp³-hybridized carbons (Fsp3) is 0.0556. The normalized spacial score (nSPS) is 12.0. The summed E-state index contributed by atoms with van der Waals surface area (Å²) in [6, 6.07) is 12.5. The first kappa shape index (κ1) is 16.7. The molecule has 0 aliphatic rings. The summed E-state index contributed by atoms with van der Waals surface area (Å²) in [7, 11) is 0. The van der Waals surface area contributed by atoms with Crippen molar-refractivity contribution in [2.45, 2.75) is 6.18 Å². The predicted octanol–water partition coefficient (Wildman–Crippen LogP) is 5.95. The molecule has 0 aliphatic heterocycles. The maximum absolute atomic E-state index is 13.0. The monoisotopic (exact) mass is 421 g/mol. The molecular formula is C18H11BrF3N3O. The highest BCUT2D eigenvalue weighted by Gasteiger charge is 2.31. The number of aromatic hydroxyl groups is 1. The van der Waals surface area contributed by atoms with E-state index in [1.165, 1.54) is 0 Å². The minimum Gasteiger partial charge on any atom is -0.508 e. The molecule has 4 aromatic rings. The van der Waals surface area contributed by atoms with Gasteiger partial charge in [0.2, 0.25) is 5.95 Å². The SMILES string of the molecule is Oc1ccc2c(Nc3nc4c(Br)cc(C(F)(F)F)cc4[nH]3)cccc2c1. The molecule has 1 heterocycles. The first-order valence-corrected chi connectivity index (χ1v) is 8.36. The molecule has 3 N–H and O–H groups in total. The van der Waals surface area contributed by atoms with E-state index in [2.05, 4.69) is 31.2 Å². The van der Waals surface area contributed by atoms with Crippen LogP contribution in [0.2, 0.25) is 0 Å². The van der Waals surface area contributed by atoms with Crippen LogP contribution in [-0.4, -0.2) is 15.1 Å². The third-order valence-electron chi connectivity index (χ3n) is 3.98. The summed E-state index contributed by atoms with van der Waals surface area (Å²) in [6.45, 7) is 0. The van der Waals surface area contributed by atoms with Crippen molar-refractivity contribution >= 4 is 49.4 Å². The molecule has 4 nitrogen and oxygen atoms in total. The second kappa shape index (κ2) is 5.91. The van der Waals surface area contributed by atoms with Gasteiger partial charge in [-0.1, -0.05) is 12.1 Å². The van der Waals surface area contributed by atoms with E-state index in [-0.39, 0.29) is 15.7 Å². The van der Waals surface area contributed by atoms with Gasteiger partial charge in [0.25, 0.3) is 0 Å². The van der Waals surface area contributed by atoms with Gasteiger partial charge in [-0.3, -0.25) is 0 Å². The van der Waals surface area contributed by atoms with Crippen LogP contribution in [0.3, 0.4) is 0 Å². The van der Waals surface area contributed by atoms with E-state index in [1.807, 2.05) is 18.2 Å². The Kier molecular flexibility index (Phi) is 3.80. The Morgan fingerprint density at radius 1 is 1.08 bits per heavy atom. The molecule has 0 spiro atoms. The first-order chi connectivity index (χ1) is 12.3. The van der Waals surface area contributed by atoms with Crippen LogP contribution in [0, 0.1) is 0 Å². The van der Waals surface area contributed by atoms with Gasteiger partial charge in [0.15, 0.2) is 0 Å². The first-order valence-electron chi connectivity index (χ1n) is 7.56. The minimum atomic E-state index is -4.44. The van der Waals surface area contributed by atoms with Crippen molar-refractivity contribution in [3.63, 3.8) is 0 Å². The molecule has 132 valence electrons. The lowest BCUT2D eigenvalue weighted by molar-refractivity contribution is -0.137. The van der Waals surface area contributed by atoms with Gasteiger partial charge in [0.05, 0.1) is 11.1 Å². The lowest BCUT2D eigenvalue weighted by Gasteiger charge is -2.07. The number of anilines is 2. The third-order valence-corrected chi connectivity index (χ3v) is 4.59. The number of nitrogens with one attached hydrogen (secondary N) is 2. The van der Waals surface area contributed by atoms with Crippen molar-refractivity contribution in [2.75, 3.05) is 5.32 Å². The number of aromatic amines is 1. The Labute approximate surface area is 153 Å². The lowest BCUT2D eigenvalue weighted by Crippen LogP contribution is -2.04. The van der Waals surface area contributed by atoms with Gasteiger partial charge in [-0.05, 0) is 57.7 Å². The molecule has 0 bridgehead atoms. The van der Waals surface area contributed by atoms with Crippen molar-refractivity contribution in [1.82, 2.24) is 9.97 Å². The maximum Gasteiger partial charge on any atom is 0.416 e. The van der Waals surface area contributed by atoms with Gasteiger partial charge in [0, 0.05) is 15.5 Å². The van der Waals surface area contributed by atoms with Crippen LogP contribution in [0.1, 0.15) is 5.56 Å². The van der Waals surface area contributed by atoms with E-state index in [9.17, 15) is 18.3 Å². The molecule has 0 amide bonds. The van der Waals surface area contributed by atoms with Crippen LogP contribution < -0.4 is 5.32 Å². The standard InChI is InChI=1S/C18H11BrF3N3O/c19-13-7-10(18(20,21)22)8-15-16(13)25-17(24-15)23-14-3-1-2-9-6-11(26)4-5-12(9)14/h1-8,26H,(H2,23,24,25). The second-order valence-electron chi connectivity index (χ2n) is 5.77. The highest BCUT2D eigenvalue weighted by Crippen LogP contribution is 2.35. The minimum absolute atomic E-state index is 0.155. The molecule has 0 saturated heterocycles. The number of halogens is 4. The summed E-state index contributed by atoms with van der Waals surface area (Å²) < 4.78 is 39.2. The van der Waals surface area contributed by atoms with E-state index >= 15 is 0 Å². The Balaban J connectivity index is 1.78. The number of hydrogen-bond acceptors (Lipinski definition) is 3. The molecule has 1 aromatic heterocycles. The zero-order chi connectivity index (χ0) is 18.5. The fourth-order valence-corrected chi connectivity index (χ4v) is 3.35. The summed E-state index contributed by atoms with van der Waals surface area (Å²) in [5, 5.41) is 14.4. The number of imidazole rings is 1. The molecule has 0 atom stereocenters. The number of alkyl halides is 3. The van der Waals surface area contributed by atoms with Crippen molar-refractivity contribution < 1.29 is 18.3 Å². The molecule has 0 saturated carbocycles. The number of aromatic nitrogens is 2. The number of benzene rings is 3. The molecule has 4 rings (SSSR count). The van der Waals surface area contributed by atoms with E-state index in [0.29, 0.717) is 17.2 Å². The van der Waals surface area contributed by atoms with Crippen LogP contribution in [-0.2, 0) is 6.18 Å². The average Bonchev–Trinajstić information content (AvgIpc) is 2.97. The summed E-state index contributed by atoms with van der Waals surface area (Å²) in [6.07, 6.45) is -4.44. The fourth-order valence-electron chi connectivity index (χ4n) is 2.81. The average molecular weight is 422 g/mol. The number of fused-ring (bicyclic) bond motifs is 2. The molecule has 3 aromatic carbocycles. The number of phenols is 1. The van der Waals surface area contributed by atoms with Crippen LogP contribution in [0.4, 0.5) is 24.8 Å². The Bertz CT molecular complexity index is 1140. The molecule has 26 heavy (non-hydrogen) atoms. The summed E-state index contributed by atoms with van der Waals surface area (Å²) >= 11 is 3.15. The molecule has 0 aliphatic carbocycles. The van der Waals surface area contributed by atoms with E-state index in [1.54, 1.807) is 18.2 Å². The Morgan fingerprint density at radius 3 is 2.65 bits per heavy atom.